The van der Waals surface area contributed by atoms with Crippen molar-refractivity contribution in [1.29, 1.82) is 0 Å². The van der Waals surface area contributed by atoms with E-state index in [0.29, 0.717) is 29.6 Å². The Kier molecular flexibility index (Phi) is 22.1. The van der Waals surface area contributed by atoms with Crippen molar-refractivity contribution in [3.8, 4) is 0 Å². The largest absolute Gasteiger partial charge is 0.481 e. The van der Waals surface area contributed by atoms with Crippen molar-refractivity contribution in [1.82, 2.24) is 0 Å². The van der Waals surface area contributed by atoms with E-state index in [1.807, 2.05) is 6.92 Å². The van der Waals surface area contributed by atoms with Gasteiger partial charge in [0, 0.05) is 7.11 Å². The maximum atomic E-state index is 14.0. The summed E-state index contributed by atoms with van der Waals surface area (Å²) in [7, 11) is 3.76. The molecule has 6 bridgehead atoms. The standard InChI is InChI=1S/C42H52O15.8CH4/c1-15-17-9-18(24(43)13-25(44)57-42(3,4)5)19(10-17)26(15)28-21-12-23(34(39(49)54-8)35(21)40(50)55-14-52-6)31(28)30-20-11-22(33(38(48)53-7)32(20)36(45)46)29(30)27-16(2)37(47)56-41(27)51;;;;;;;;/h16-24,27,32-35,43H,9-14H2,1-8H3,(H,45,46);8*1H4. The molecule has 0 aromatic heterocycles. The van der Waals surface area contributed by atoms with Gasteiger partial charge in [0.25, 0.3) is 0 Å². The van der Waals surface area contributed by atoms with Crippen molar-refractivity contribution >= 4 is 41.8 Å². The van der Waals surface area contributed by atoms with E-state index in [2.05, 4.69) is 0 Å². The highest BCUT2D eigenvalue weighted by atomic mass is 16.7. The molecule has 15 heteroatoms. The molecule has 14 unspecified atom stereocenters. The first-order chi connectivity index (χ1) is 26.9. The lowest BCUT2D eigenvalue weighted by atomic mass is 9.63. The van der Waals surface area contributed by atoms with Gasteiger partial charge in [0.15, 0.2) is 6.79 Å². The van der Waals surface area contributed by atoms with E-state index in [4.69, 9.17) is 28.4 Å². The number of hydrogen-bond donors (Lipinski definition) is 2. The van der Waals surface area contributed by atoms with Gasteiger partial charge in [-0.25, -0.2) is 0 Å². The van der Waals surface area contributed by atoms with Crippen LogP contribution in [0.25, 0.3) is 0 Å². The van der Waals surface area contributed by atoms with Gasteiger partial charge in [0.2, 0.25) is 0 Å². The van der Waals surface area contributed by atoms with Crippen LogP contribution >= 0.6 is 0 Å². The molecule has 15 nitrogen and oxygen atoms in total. The predicted molar refractivity (Wildman–Crippen MR) is 247 cm³/mol. The lowest BCUT2D eigenvalue weighted by molar-refractivity contribution is -0.167. The fourth-order valence-electron chi connectivity index (χ4n) is 12.2. The van der Waals surface area contributed by atoms with Crippen molar-refractivity contribution < 1.29 is 72.2 Å². The zero-order chi connectivity index (χ0) is 41.6. The number of allylic oxidation sites excluding steroid dienone is 5. The Labute approximate surface area is 389 Å². The maximum absolute atomic E-state index is 14.0. The normalized spacial score (nSPS) is 32.4. The molecule has 0 radical (unpaired) electrons. The fourth-order valence-corrected chi connectivity index (χ4v) is 12.2. The highest BCUT2D eigenvalue weighted by Crippen LogP contribution is 2.69. The molecule has 4 fully saturated rings. The van der Waals surface area contributed by atoms with Gasteiger partial charge in [-0.1, -0.05) is 71.9 Å². The predicted octanol–water partition coefficient (Wildman–Crippen LogP) is 8.41. The first-order valence-corrected chi connectivity index (χ1v) is 19.7. The Morgan fingerprint density at radius 2 is 1.17 bits per heavy atom. The Bertz CT molecular complexity index is 1900. The molecule has 6 aliphatic carbocycles. The number of hydrogen-bond acceptors (Lipinski definition) is 14. The topological polar surface area (TPSA) is 215 Å². The van der Waals surface area contributed by atoms with Crippen molar-refractivity contribution in [2.45, 2.75) is 138 Å². The third-order valence-electron chi connectivity index (χ3n) is 14.0. The minimum Gasteiger partial charge on any atom is -0.481 e. The molecule has 1 heterocycles. The van der Waals surface area contributed by atoms with Crippen LogP contribution in [0.15, 0.2) is 33.4 Å². The first-order valence-electron chi connectivity index (χ1n) is 19.7. The highest BCUT2D eigenvalue weighted by Gasteiger charge is 2.67. The lowest BCUT2D eigenvalue weighted by Gasteiger charge is -2.40. The van der Waals surface area contributed by atoms with Gasteiger partial charge < -0.3 is 38.6 Å². The first kappa shape index (κ1) is 62.7. The second-order valence-electron chi connectivity index (χ2n) is 17.9. The third-order valence-corrected chi connectivity index (χ3v) is 14.0. The number of aliphatic carboxylic acids is 1. The number of aliphatic hydroxyl groups excluding tert-OH is 1. The van der Waals surface area contributed by atoms with E-state index < -0.39 is 113 Å². The maximum Gasteiger partial charge on any atom is 0.321 e. The lowest BCUT2D eigenvalue weighted by Crippen LogP contribution is -2.42. The molecular weight excluding hydrogens is 841 g/mol. The van der Waals surface area contributed by atoms with Crippen LogP contribution in [0.4, 0.5) is 0 Å². The van der Waals surface area contributed by atoms with Crippen molar-refractivity contribution in [3.05, 3.63) is 33.4 Å². The van der Waals surface area contributed by atoms with Crippen LogP contribution in [-0.2, 0) is 62.0 Å². The monoisotopic (exact) mass is 925 g/mol. The number of carboxylic acids is 1. The molecule has 374 valence electrons. The van der Waals surface area contributed by atoms with Crippen LogP contribution in [0.2, 0.25) is 0 Å². The molecule has 1 saturated heterocycles. The number of esters is 6. The number of carboxylic acid groups (broad SMARTS) is 1. The summed E-state index contributed by atoms with van der Waals surface area (Å²) in [5.74, 6) is -15.5. The summed E-state index contributed by atoms with van der Waals surface area (Å²) in [6, 6.07) is 0. The van der Waals surface area contributed by atoms with Crippen molar-refractivity contribution in [2.24, 2.45) is 76.9 Å². The average molecular weight is 925 g/mol. The SMILES string of the molecule is C.C.C.C.C.C.C.C.COCOC(=O)C1C2CC(C(C3=C(C4C(=O)OC(=O)C4C)C4CC3C(C(=O)O)C4C(=O)OC)=C2C2=C(C)C3CC2C(C(O)CC(=O)OC(C)(C)C)C3)C1C(=O)OC. The Hall–Kier alpha value is -4.37. The molecule has 3 saturated carbocycles. The van der Waals surface area contributed by atoms with Crippen LogP contribution in [-0.4, -0.2) is 91.8 Å². The molecule has 0 aromatic carbocycles. The summed E-state index contributed by atoms with van der Waals surface area (Å²) < 4.78 is 31.7. The molecule has 2 N–H and O–H groups in total. The summed E-state index contributed by atoms with van der Waals surface area (Å²) in [5, 5.41) is 22.4. The number of ether oxygens (including phenoxy) is 6. The summed E-state index contributed by atoms with van der Waals surface area (Å²) in [4.78, 5) is 94.0. The Morgan fingerprint density at radius 1 is 0.677 bits per heavy atom. The molecule has 14 atom stereocenters. The van der Waals surface area contributed by atoms with Gasteiger partial charge in [-0.3, -0.25) is 33.6 Å². The number of carbonyl (C=O) groups excluding carboxylic acids is 6. The molecule has 7 aliphatic rings. The van der Waals surface area contributed by atoms with Crippen LogP contribution < -0.4 is 0 Å². The minimum atomic E-state index is -1.25. The Balaban J connectivity index is 0. The van der Waals surface area contributed by atoms with E-state index in [1.54, 1.807) is 27.7 Å². The number of aliphatic hydroxyl groups is 1. The second-order valence-corrected chi connectivity index (χ2v) is 17.9. The highest BCUT2D eigenvalue weighted by molar-refractivity contribution is 5.99. The molecule has 0 amide bonds. The van der Waals surface area contributed by atoms with Gasteiger partial charge in [-0.05, 0) is 123 Å². The van der Waals surface area contributed by atoms with Crippen LogP contribution in [0.1, 0.15) is 126 Å². The average Bonchev–Trinajstić information content (AvgIpc) is 4.01. The van der Waals surface area contributed by atoms with Crippen molar-refractivity contribution in [3.63, 3.8) is 0 Å². The van der Waals surface area contributed by atoms with Gasteiger partial charge in [-0.2, -0.15) is 0 Å². The number of cyclic esters (lactones) is 2. The summed E-state index contributed by atoms with van der Waals surface area (Å²) >= 11 is 0. The smallest absolute Gasteiger partial charge is 0.321 e. The fraction of sp³-hybridized carbons (Fsp3) is 0.740. The molecular formula is C50H84O15. The number of fused-ring (bicyclic) bond motifs is 6. The number of methoxy groups -OCH3 is 3. The quantitative estimate of drug-likeness (QED) is 0.0813. The molecule has 1 aliphatic heterocycles. The van der Waals surface area contributed by atoms with E-state index in [0.717, 1.165) is 16.7 Å². The van der Waals surface area contributed by atoms with E-state index in [1.165, 1.54) is 21.3 Å². The molecule has 0 spiro atoms. The summed E-state index contributed by atoms with van der Waals surface area (Å²) in [6.45, 7) is 8.45. The second kappa shape index (κ2) is 22.9. The van der Waals surface area contributed by atoms with Gasteiger partial charge in [0.05, 0.1) is 62.3 Å². The summed E-state index contributed by atoms with van der Waals surface area (Å²) in [6.07, 6.45) is 0.441. The molecule has 0 aromatic rings. The zero-order valence-electron chi connectivity index (χ0n) is 33.5. The van der Waals surface area contributed by atoms with Crippen LogP contribution in [0, 0.1) is 76.9 Å². The summed E-state index contributed by atoms with van der Waals surface area (Å²) in [5.41, 5.74) is 3.42. The molecule has 65 heavy (non-hydrogen) atoms. The van der Waals surface area contributed by atoms with E-state index in [-0.39, 0.29) is 103 Å². The van der Waals surface area contributed by atoms with Crippen molar-refractivity contribution in [2.75, 3.05) is 28.1 Å². The van der Waals surface area contributed by atoms with E-state index in [9.17, 15) is 43.8 Å². The van der Waals surface area contributed by atoms with Gasteiger partial charge in [0.1, 0.15) is 5.60 Å². The number of carbonyl (C=O) groups is 7. The minimum absolute atomic E-state index is 0. The van der Waals surface area contributed by atoms with Crippen LogP contribution in [0.3, 0.4) is 0 Å². The van der Waals surface area contributed by atoms with Crippen LogP contribution in [0.5, 0.6) is 0 Å². The zero-order valence-corrected chi connectivity index (χ0v) is 33.5. The third kappa shape index (κ3) is 10.0. The molecule has 7 rings (SSSR count). The number of rotatable bonds is 12. The van der Waals surface area contributed by atoms with Gasteiger partial charge in [-0.15, -0.1) is 0 Å². The van der Waals surface area contributed by atoms with Gasteiger partial charge >= 0.3 is 41.8 Å². The Morgan fingerprint density at radius 3 is 1.63 bits per heavy atom. The van der Waals surface area contributed by atoms with E-state index >= 15 is 0 Å².